The van der Waals surface area contributed by atoms with Crippen molar-refractivity contribution in [3.05, 3.63) is 242 Å². The largest absolute Gasteiger partial charge is 0.493 e. The summed E-state index contributed by atoms with van der Waals surface area (Å²) < 4.78 is 5.78. The minimum absolute atomic E-state index is 0.00569. The lowest BCUT2D eigenvalue weighted by Crippen LogP contribution is -2.29. The van der Waals surface area contributed by atoms with E-state index >= 15 is 0 Å². The van der Waals surface area contributed by atoms with Gasteiger partial charge in [-0.15, -0.1) is 34.8 Å². The highest BCUT2D eigenvalue weighted by Gasteiger charge is 2.35. The maximum Gasteiger partial charge on any atom is 0.304 e. The summed E-state index contributed by atoms with van der Waals surface area (Å²) in [6.07, 6.45) is 4.44. The van der Waals surface area contributed by atoms with Crippen LogP contribution < -0.4 is 4.74 Å². The predicted octanol–water partition coefficient (Wildman–Crippen LogP) is 30.0. The summed E-state index contributed by atoms with van der Waals surface area (Å²) in [5.41, 5.74) is 6.96. The number of carbonyl (C=O) groups excluding carboxylic acids is 13. The van der Waals surface area contributed by atoms with Crippen molar-refractivity contribution in [1.29, 1.82) is 0 Å². The Kier molecular flexibility index (Phi) is 68.8. The van der Waals surface area contributed by atoms with Crippen molar-refractivity contribution in [2.45, 2.75) is 350 Å². The molecule has 0 bridgehead atoms. The average molecular weight is 2050 g/mol. The van der Waals surface area contributed by atoms with E-state index in [-0.39, 0.29) is 109 Å². The molecule has 7 rings (SSSR count). The molecule has 142 heavy (non-hydrogen) atoms. The molecule has 3 N–H and O–H groups in total. The maximum absolute atomic E-state index is 11.4. The number of aliphatic hydroxyl groups excluding tert-OH is 1. The Balaban J connectivity index is -0.000000355. The van der Waals surface area contributed by atoms with Crippen molar-refractivity contribution < 1.29 is 92.0 Å². The summed E-state index contributed by atoms with van der Waals surface area (Å²) >= 11 is 22.2. The van der Waals surface area contributed by atoms with Gasteiger partial charge < -0.3 is 20.1 Å². The molecule has 0 aliphatic rings. The number of carboxylic acid groups (broad SMARTS) is 2. The van der Waals surface area contributed by atoms with E-state index in [4.69, 9.17) is 61.4 Å². The summed E-state index contributed by atoms with van der Waals surface area (Å²) in [4.78, 5) is 162. The van der Waals surface area contributed by atoms with E-state index in [1.54, 1.807) is 118 Å². The number of rotatable bonds is 32. The number of benzene rings is 7. The first-order valence-electron chi connectivity index (χ1n) is 47.9. The van der Waals surface area contributed by atoms with Crippen LogP contribution in [0.25, 0.3) is 0 Å². The predicted molar refractivity (Wildman–Crippen MR) is 587 cm³/mol. The molecule has 0 saturated carbocycles. The van der Waals surface area contributed by atoms with E-state index in [0.29, 0.717) is 29.7 Å². The third kappa shape index (κ3) is 60.6. The molecule has 7 aromatic rings. The number of carboxylic acids is 2. The van der Waals surface area contributed by atoms with Crippen molar-refractivity contribution in [2.24, 2.45) is 43.3 Å². The molecule has 0 saturated heterocycles. The fraction of sp³-hybridized carbons (Fsp3) is 0.521. The van der Waals surface area contributed by atoms with Crippen LogP contribution in [0.1, 0.15) is 375 Å². The molecule has 0 unspecified atom stereocenters. The summed E-state index contributed by atoms with van der Waals surface area (Å²) in [7, 11) is 0. The molecule has 0 aromatic heterocycles. The second-order valence-electron chi connectivity index (χ2n) is 41.7. The molecular formula is C119H174Cl4O19. The highest BCUT2D eigenvalue weighted by Crippen LogP contribution is 2.35. The van der Waals surface area contributed by atoms with Crippen LogP contribution in [-0.2, 0) is 68.4 Å². The number of aryl methyl sites for hydroxylation is 5. The lowest BCUT2D eigenvalue weighted by molar-refractivity contribution is -0.143. The smallest absolute Gasteiger partial charge is 0.304 e. The Labute approximate surface area is 873 Å². The molecule has 7 aromatic carbocycles. The van der Waals surface area contributed by atoms with E-state index in [1.807, 2.05) is 275 Å². The first kappa shape index (κ1) is 143. The van der Waals surface area contributed by atoms with Gasteiger partial charge in [0.1, 0.15) is 68.4 Å². The number of ether oxygens (including phenoxy) is 1. The molecule has 792 valence electrons. The zero-order valence-electron chi connectivity index (χ0n) is 93.4. The molecule has 0 amide bonds. The van der Waals surface area contributed by atoms with E-state index in [0.717, 1.165) is 87.9 Å². The van der Waals surface area contributed by atoms with Gasteiger partial charge in [-0.2, -0.15) is 0 Å². The van der Waals surface area contributed by atoms with Gasteiger partial charge >= 0.3 is 11.9 Å². The third-order valence-corrected chi connectivity index (χ3v) is 27.3. The topological polar surface area (TPSA) is 326 Å². The number of ketones is 13. The van der Waals surface area contributed by atoms with Gasteiger partial charge in [-0.3, -0.25) is 71.9 Å². The minimum atomic E-state index is -0.930. The molecule has 1 atom stereocenters. The lowest BCUT2D eigenvalue weighted by atomic mass is 9.79. The van der Waals surface area contributed by atoms with Crippen LogP contribution in [0.15, 0.2) is 176 Å². The SMILES string of the molecule is CC(=O)C(C)(C)C(Cl)Cl.CC(=O)C(C)(C)CC(=O)O.CC(=O)C(C)(C)CCC(=O)O.CC(=O)C(C)(C)CCCOc1cc(C)ccc1C.CC(=O)C(C)(C)CCl.CC(=O)C(C)(C)[C@H](O)c1ccccc1.CC(=O)C(C)(C)c1ccc(Cl)cc1.CC(=O)C(C)(C)c1ccccc1.CC(=O)c1ccc(C)cc1.CC(=O)c1cccc(C)c1.CC(=O)c1ccccc1C.CCC(C)(C)C(C)=O.CCCC(C)(C)C(C)=O. The van der Waals surface area contributed by atoms with E-state index in [9.17, 15) is 77.0 Å². The number of aliphatic hydroxyl groups is 1. The number of carbonyl (C=O) groups is 15. The summed E-state index contributed by atoms with van der Waals surface area (Å²) in [5.74, 6) is 1.26. The number of halogens is 4. The lowest BCUT2D eigenvalue weighted by Gasteiger charge is -2.27. The first-order chi connectivity index (χ1) is 64.5. The van der Waals surface area contributed by atoms with Crippen LogP contribution in [0.4, 0.5) is 0 Å². The van der Waals surface area contributed by atoms with Gasteiger partial charge in [0.15, 0.2) is 17.3 Å². The van der Waals surface area contributed by atoms with Crippen LogP contribution in [0.2, 0.25) is 5.02 Å². The summed E-state index contributed by atoms with van der Waals surface area (Å²) in [6, 6.07) is 55.5. The maximum atomic E-state index is 11.4. The van der Waals surface area contributed by atoms with Crippen LogP contribution in [0.3, 0.4) is 0 Å². The van der Waals surface area contributed by atoms with Gasteiger partial charge in [-0.1, -0.05) is 305 Å². The molecule has 19 nitrogen and oxygen atoms in total. The van der Waals surface area contributed by atoms with Gasteiger partial charge in [0.2, 0.25) is 0 Å². The van der Waals surface area contributed by atoms with Crippen molar-refractivity contribution in [1.82, 2.24) is 0 Å². The fourth-order valence-corrected chi connectivity index (χ4v) is 10.7. The molecule has 0 fully saturated rings. The summed E-state index contributed by atoms with van der Waals surface area (Å²) in [6.45, 7) is 72.3. The number of alkyl halides is 3. The van der Waals surface area contributed by atoms with Crippen LogP contribution >= 0.6 is 46.4 Å². The molecular weight excluding hydrogens is 1880 g/mol. The summed E-state index contributed by atoms with van der Waals surface area (Å²) in [5, 5.41) is 27.4. The quantitative estimate of drug-likeness (QED) is 0.0200. The normalized spacial score (nSPS) is 11.2. The van der Waals surface area contributed by atoms with E-state index < -0.39 is 50.0 Å². The highest BCUT2D eigenvalue weighted by atomic mass is 35.5. The second-order valence-corrected chi connectivity index (χ2v) is 43.5. The zero-order chi connectivity index (χ0) is 113. The van der Waals surface area contributed by atoms with Gasteiger partial charge in [-0.25, -0.2) is 0 Å². The molecule has 0 spiro atoms. The number of Topliss-reactive ketones (excluding diaryl/α,β-unsaturated/α-hetero) is 13. The Morgan fingerprint density at radius 1 is 0.345 bits per heavy atom. The second kappa shape index (κ2) is 68.4. The Morgan fingerprint density at radius 2 is 0.725 bits per heavy atom. The van der Waals surface area contributed by atoms with E-state index in [1.165, 1.54) is 38.8 Å². The minimum Gasteiger partial charge on any atom is -0.493 e. The van der Waals surface area contributed by atoms with Crippen LogP contribution in [-0.4, -0.2) is 120 Å². The Bertz CT molecular complexity index is 5060. The van der Waals surface area contributed by atoms with Crippen molar-refractivity contribution in [3.63, 3.8) is 0 Å². The van der Waals surface area contributed by atoms with Crippen LogP contribution in [0.5, 0.6) is 5.75 Å². The number of hydrogen-bond donors (Lipinski definition) is 3. The third-order valence-electron chi connectivity index (χ3n) is 25.3. The van der Waals surface area contributed by atoms with Crippen molar-refractivity contribution in [2.75, 3.05) is 12.5 Å². The fourth-order valence-electron chi connectivity index (χ4n) is 10.1. The monoisotopic (exact) mass is 2050 g/mol. The van der Waals surface area contributed by atoms with Gasteiger partial charge in [-0.05, 0) is 242 Å². The Morgan fingerprint density at radius 3 is 1.02 bits per heavy atom. The number of aliphatic carboxylic acids is 2. The molecule has 0 radical (unpaired) electrons. The Hall–Kier alpha value is -9.89. The molecule has 23 heteroatoms. The van der Waals surface area contributed by atoms with Crippen LogP contribution in [0, 0.1) is 77.9 Å². The standard InChI is InChI=1S/C16H24O2.C12H16O2.C11H13ClO.C11H14O.3C9H10O.C8H14O3.C8H16O.C7H12O3.C7H14O.C6H10Cl2O.C6H11ClO/c1-12-7-8-13(2)15(11-12)18-10-6-9-16(4,5)14(3)17;1-9(13)12(2,3)11(14)10-7-5-4-6-8-10;1-8(13)11(2,3)9-4-6-10(12)7-5-9;1-9(12)11(2,3)10-7-5-4-6-8-10;1-7-3-5-9(6-4-7)8(2)10;1-7-4-3-5-9(6-7)8(2)10;1-7-5-3-4-6-9(7)8(2)10;1-6(9)8(2,3)5-4-7(10)11;1-5-6-8(3,4)7(2)9;1-5(8)7(2,3)4-6(9)10;1-5-7(3,4)6(2)8;1-4(9)6(2,3)5(7)8;1-5(8)6(2,3)4-7/h7-8,11H,6,9-10H2,1-5H3;4-8,11,14H,1-3H3;4-7H,1-3H3;4-8H,1-3H3;3*3-6H,1-2H3;4-5H2,1-3H3,(H,10,11);5-6H2,1-4H3;4H2,1-3H3,(H,9,10);5H2,1-4H3;5H,1-3H3;4H2,1-3H3/t;11-;;;;;;;;;;;/m.1.........../s1. The zero-order valence-corrected chi connectivity index (χ0v) is 96.4. The molecule has 0 aliphatic carbocycles. The van der Waals surface area contributed by atoms with Gasteiger partial charge in [0.25, 0.3) is 0 Å². The number of hydrogen-bond acceptors (Lipinski definition) is 17. The average Bonchev–Trinajstić information content (AvgIpc) is 0.829. The molecule has 0 aliphatic heterocycles. The van der Waals surface area contributed by atoms with Gasteiger partial charge in [0.05, 0.1) is 30.0 Å². The first-order valence-corrected chi connectivity index (χ1v) is 49.6. The van der Waals surface area contributed by atoms with E-state index in [2.05, 4.69) is 32.0 Å². The highest BCUT2D eigenvalue weighted by molar-refractivity contribution is 6.45. The van der Waals surface area contributed by atoms with Crippen molar-refractivity contribution in [3.8, 4) is 5.75 Å². The van der Waals surface area contributed by atoms with Gasteiger partial charge in [0, 0.05) is 77.3 Å². The van der Waals surface area contributed by atoms with Crippen molar-refractivity contribution >= 4 is 134 Å². The molecule has 0 heterocycles.